The number of benzene rings is 1. The molecule has 0 aromatic heterocycles. The Balaban J connectivity index is 2.54. The van der Waals surface area contributed by atoms with Crippen LogP contribution in [-0.4, -0.2) is 13.6 Å². The van der Waals surface area contributed by atoms with Gasteiger partial charge in [-0.05, 0) is 30.5 Å². The van der Waals surface area contributed by atoms with Gasteiger partial charge in [0, 0.05) is 25.3 Å². The second-order valence-electron chi connectivity index (χ2n) is 4.73. The first-order valence-corrected chi connectivity index (χ1v) is 6.75. The second-order valence-corrected chi connectivity index (χ2v) is 4.73. The number of nitrogens with zero attached hydrogens (tertiary/aromatic N) is 1. The van der Waals surface area contributed by atoms with Gasteiger partial charge in [-0.2, -0.15) is 0 Å². The molecule has 0 heterocycles. The fourth-order valence-electron chi connectivity index (χ4n) is 1.94. The first-order valence-electron chi connectivity index (χ1n) is 6.75. The van der Waals surface area contributed by atoms with Crippen molar-refractivity contribution in [2.75, 3.05) is 18.5 Å². The van der Waals surface area contributed by atoms with E-state index in [-0.39, 0.29) is 6.04 Å². The minimum absolute atomic E-state index is 0.175. The monoisotopic (exact) mass is 234 g/mol. The molecule has 1 rings (SSSR count). The molecule has 1 aromatic rings. The van der Waals surface area contributed by atoms with Gasteiger partial charge in [-0.25, -0.2) is 0 Å². The fourth-order valence-corrected chi connectivity index (χ4v) is 1.94. The van der Waals surface area contributed by atoms with Gasteiger partial charge in [0.15, 0.2) is 0 Å². The molecule has 0 aliphatic carbocycles. The average molecular weight is 234 g/mol. The summed E-state index contributed by atoms with van der Waals surface area (Å²) in [5.74, 6) is 0. The lowest BCUT2D eigenvalue weighted by Gasteiger charge is -2.20. The summed E-state index contributed by atoms with van der Waals surface area (Å²) in [6.07, 6.45) is 4.84. The van der Waals surface area contributed by atoms with Gasteiger partial charge < -0.3 is 10.6 Å². The van der Waals surface area contributed by atoms with E-state index in [1.807, 2.05) is 0 Å². The Morgan fingerprint density at radius 2 is 1.76 bits per heavy atom. The van der Waals surface area contributed by atoms with Crippen LogP contribution in [0.3, 0.4) is 0 Å². The summed E-state index contributed by atoms with van der Waals surface area (Å²) in [5, 5.41) is 0. The van der Waals surface area contributed by atoms with Gasteiger partial charge >= 0.3 is 0 Å². The Kier molecular flexibility index (Phi) is 6.06. The third-order valence-electron chi connectivity index (χ3n) is 3.30. The van der Waals surface area contributed by atoms with Gasteiger partial charge in [0.05, 0.1) is 0 Å². The van der Waals surface area contributed by atoms with Crippen LogP contribution < -0.4 is 10.6 Å². The number of hydrogen-bond donors (Lipinski definition) is 1. The first-order chi connectivity index (χ1) is 8.19. The van der Waals surface area contributed by atoms with Crippen molar-refractivity contribution >= 4 is 5.69 Å². The standard InChI is InChI=1S/C15H26N2/c1-4-6-7-12-17(3)14-10-8-13(9-11-14)15(16)5-2/h8-11,15H,4-7,12,16H2,1-3H3/t15-/m0/s1. The van der Waals surface area contributed by atoms with E-state index in [9.17, 15) is 0 Å². The maximum Gasteiger partial charge on any atom is 0.0363 e. The number of unbranched alkanes of at least 4 members (excludes halogenated alkanes) is 2. The SMILES string of the molecule is CCCCCN(C)c1ccc([C@@H](N)CC)cc1. The Hall–Kier alpha value is -1.02. The van der Waals surface area contributed by atoms with Gasteiger partial charge in [-0.3, -0.25) is 0 Å². The van der Waals surface area contributed by atoms with Crippen LogP contribution in [0.4, 0.5) is 5.69 Å². The third kappa shape index (κ3) is 4.39. The van der Waals surface area contributed by atoms with Crippen molar-refractivity contribution in [1.82, 2.24) is 0 Å². The molecular formula is C15H26N2. The van der Waals surface area contributed by atoms with Crippen LogP contribution in [0.5, 0.6) is 0 Å². The quantitative estimate of drug-likeness (QED) is 0.728. The van der Waals surface area contributed by atoms with Gasteiger partial charge in [0.25, 0.3) is 0 Å². The summed E-state index contributed by atoms with van der Waals surface area (Å²) < 4.78 is 0. The van der Waals surface area contributed by atoms with E-state index in [1.165, 1.54) is 30.5 Å². The predicted molar refractivity (Wildman–Crippen MR) is 76.5 cm³/mol. The summed E-state index contributed by atoms with van der Waals surface area (Å²) in [6, 6.07) is 8.84. The van der Waals surface area contributed by atoms with Crippen molar-refractivity contribution in [3.63, 3.8) is 0 Å². The highest BCUT2D eigenvalue weighted by molar-refractivity contribution is 5.47. The highest BCUT2D eigenvalue weighted by Crippen LogP contribution is 2.19. The van der Waals surface area contributed by atoms with Crippen molar-refractivity contribution in [3.8, 4) is 0 Å². The maximum atomic E-state index is 6.01. The zero-order valence-electron chi connectivity index (χ0n) is 11.4. The van der Waals surface area contributed by atoms with E-state index in [0.29, 0.717) is 0 Å². The molecule has 0 aliphatic heterocycles. The molecule has 0 amide bonds. The summed E-state index contributed by atoms with van der Waals surface area (Å²) in [5.41, 5.74) is 8.52. The summed E-state index contributed by atoms with van der Waals surface area (Å²) in [7, 11) is 2.16. The molecule has 1 aromatic carbocycles. The topological polar surface area (TPSA) is 29.3 Å². The van der Waals surface area contributed by atoms with Gasteiger partial charge in [-0.15, -0.1) is 0 Å². The second kappa shape index (κ2) is 7.33. The Bertz CT molecular complexity index is 305. The largest absolute Gasteiger partial charge is 0.375 e. The summed E-state index contributed by atoms with van der Waals surface area (Å²) >= 11 is 0. The molecule has 2 heteroatoms. The Morgan fingerprint density at radius 1 is 1.12 bits per heavy atom. The molecule has 2 N–H and O–H groups in total. The van der Waals surface area contributed by atoms with Crippen LogP contribution in [0.15, 0.2) is 24.3 Å². The van der Waals surface area contributed by atoms with Crippen LogP contribution in [-0.2, 0) is 0 Å². The van der Waals surface area contributed by atoms with Crippen LogP contribution in [0.2, 0.25) is 0 Å². The zero-order chi connectivity index (χ0) is 12.7. The minimum atomic E-state index is 0.175. The van der Waals surface area contributed by atoms with Crippen LogP contribution in [0.25, 0.3) is 0 Å². The number of nitrogens with two attached hydrogens (primary N) is 1. The normalized spacial score (nSPS) is 12.5. The third-order valence-corrected chi connectivity index (χ3v) is 3.30. The van der Waals surface area contributed by atoms with E-state index >= 15 is 0 Å². The maximum absolute atomic E-state index is 6.01. The molecule has 0 radical (unpaired) electrons. The smallest absolute Gasteiger partial charge is 0.0363 e. The van der Waals surface area contributed by atoms with E-state index in [0.717, 1.165) is 13.0 Å². The lowest BCUT2D eigenvalue weighted by atomic mass is 10.1. The van der Waals surface area contributed by atoms with Gasteiger partial charge in [0.2, 0.25) is 0 Å². The van der Waals surface area contributed by atoms with Crippen molar-refractivity contribution in [1.29, 1.82) is 0 Å². The molecule has 0 unspecified atom stereocenters. The molecule has 0 spiro atoms. The average Bonchev–Trinajstić information content (AvgIpc) is 2.38. The molecule has 2 nitrogen and oxygen atoms in total. The molecule has 17 heavy (non-hydrogen) atoms. The summed E-state index contributed by atoms with van der Waals surface area (Å²) in [6.45, 7) is 5.49. The van der Waals surface area contributed by atoms with E-state index in [1.54, 1.807) is 0 Å². The molecule has 1 atom stereocenters. The highest BCUT2D eigenvalue weighted by atomic mass is 15.1. The lowest BCUT2D eigenvalue weighted by Crippen LogP contribution is -2.18. The molecule has 0 bridgehead atoms. The van der Waals surface area contributed by atoms with E-state index < -0.39 is 0 Å². The summed E-state index contributed by atoms with van der Waals surface area (Å²) in [4.78, 5) is 2.32. The first kappa shape index (κ1) is 14.0. The predicted octanol–water partition coefficient (Wildman–Crippen LogP) is 3.72. The van der Waals surface area contributed by atoms with Crippen molar-refractivity contribution in [2.24, 2.45) is 5.73 Å². The van der Waals surface area contributed by atoms with E-state index in [4.69, 9.17) is 5.73 Å². The van der Waals surface area contributed by atoms with Crippen molar-refractivity contribution in [3.05, 3.63) is 29.8 Å². The molecule has 96 valence electrons. The van der Waals surface area contributed by atoms with Crippen LogP contribution >= 0.6 is 0 Å². The lowest BCUT2D eigenvalue weighted by molar-refractivity contribution is 0.696. The molecule has 0 saturated heterocycles. The number of hydrogen-bond acceptors (Lipinski definition) is 2. The molecule has 0 saturated carbocycles. The van der Waals surface area contributed by atoms with Crippen molar-refractivity contribution in [2.45, 2.75) is 45.6 Å². The number of rotatable bonds is 7. The molecule has 0 aliphatic rings. The van der Waals surface area contributed by atoms with Crippen molar-refractivity contribution < 1.29 is 0 Å². The molecule has 0 fully saturated rings. The number of anilines is 1. The van der Waals surface area contributed by atoms with E-state index in [2.05, 4.69) is 50.1 Å². The molecular weight excluding hydrogens is 208 g/mol. The minimum Gasteiger partial charge on any atom is -0.375 e. The van der Waals surface area contributed by atoms with Crippen LogP contribution in [0, 0.1) is 0 Å². The van der Waals surface area contributed by atoms with Gasteiger partial charge in [0.1, 0.15) is 0 Å². The highest BCUT2D eigenvalue weighted by Gasteiger charge is 2.04. The Labute approximate surface area is 106 Å². The van der Waals surface area contributed by atoms with Crippen LogP contribution in [0.1, 0.15) is 51.1 Å². The fraction of sp³-hybridized carbons (Fsp3) is 0.600. The Morgan fingerprint density at radius 3 is 2.29 bits per heavy atom. The van der Waals surface area contributed by atoms with Gasteiger partial charge in [-0.1, -0.05) is 38.8 Å². The zero-order valence-corrected chi connectivity index (χ0v) is 11.4.